The van der Waals surface area contributed by atoms with Crippen LogP contribution in [0, 0.1) is 16.4 Å². The van der Waals surface area contributed by atoms with E-state index in [0.29, 0.717) is 11.0 Å². The highest BCUT2D eigenvalue weighted by molar-refractivity contribution is 7.71. The van der Waals surface area contributed by atoms with Crippen LogP contribution in [0.4, 0.5) is 8.78 Å². The lowest BCUT2D eigenvalue weighted by Gasteiger charge is -2.10. The number of rotatable bonds is 1. The molecular formula is C13H5Cl3F2N2S. The Kier molecular flexibility index (Phi) is 3.69. The van der Waals surface area contributed by atoms with Gasteiger partial charge in [0.15, 0.2) is 4.77 Å². The monoisotopic (exact) mass is 364 g/mol. The second-order valence-electron chi connectivity index (χ2n) is 4.27. The van der Waals surface area contributed by atoms with Crippen molar-refractivity contribution in [3.63, 3.8) is 0 Å². The Morgan fingerprint density at radius 1 is 0.952 bits per heavy atom. The van der Waals surface area contributed by atoms with Crippen LogP contribution in [-0.4, -0.2) is 9.55 Å². The first kappa shape index (κ1) is 14.8. The van der Waals surface area contributed by atoms with Gasteiger partial charge in [0.25, 0.3) is 0 Å². The molecule has 0 spiro atoms. The van der Waals surface area contributed by atoms with E-state index < -0.39 is 11.6 Å². The van der Waals surface area contributed by atoms with Gasteiger partial charge in [0.2, 0.25) is 0 Å². The number of aromatic amines is 1. The topological polar surface area (TPSA) is 20.7 Å². The molecule has 21 heavy (non-hydrogen) atoms. The molecule has 1 N–H and O–H groups in total. The summed E-state index contributed by atoms with van der Waals surface area (Å²) in [5.41, 5.74) is 1.19. The van der Waals surface area contributed by atoms with Crippen LogP contribution < -0.4 is 0 Å². The highest BCUT2D eigenvalue weighted by Gasteiger charge is 2.16. The summed E-state index contributed by atoms with van der Waals surface area (Å²) in [5, 5.41) is 0.0851. The fourth-order valence-electron chi connectivity index (χ4n) is 2.07. The molecule has 0 radical (unpaired) electrons. The lowest BCUT2D eigenvalue weighted by molar-refractivity contribution is 0.627. The maximum Gasteiger partial charge on any atom is 0.182 e. The van der Waals surface area contributed by atoms with Crippen LogP contribution in [0.3, 0.4) is 0 Å². The Bertz CT molecular complexity index is 910. The Balaban J connectivity index is 2.44. The molecule has 0 fully saturated rings. The first-order valence-corrected chi connectivity index (χ1v) is 7.17. The van der Waals surface area contributed by atoms with E-state index >= 15 is 0 Å². The standard InChI is InChI=1S/C13H5Cl3F2N2S/c14-6-3-10-11(4-9(6)18)20(13(21)19-10)12-7(15)1-5(17)2-8(12)16/h1-4H,(H,19,21). The Hall–Kier alpha value is -1.14. The third-order valence-corrected chi connectivity index (χ3v) is 4.08. The summed E-state index contributed by atoms with van der Waals surface area (Å²) >= 11 is 23.0. The van der Waals surface area contributed by atoms with Gasteiger partial charge in [0, 0.05) is 6.07 Å². The molecule has 0 unspecified atom stereocenters. The Morgan fingerprint density at radius 3 is 2.19 bits per heavy atom. The molecule has 2 nitrogen and oxygen atoms in total. The van der Waals surface area contributed by atoms with Gasteiger partial charge in [-0.15, -0.1) is 0 Å². The molecule has 0 bridgehead atoms. The molecule has 2 aromatic carbocycles. The molecule has 0 amide bonds. The molecule has 0 aliphatic heterocycles. The average molecular weight is 366 g/mol. The highest BCUT2D eigenvalue weighted by atomic mass is 35.5. The van der Waals surface area contributed by atoms with Crippen LogP contribution in [0.5, 0.6) is 0 Å². The number of H-pyrrole nitrogens is 1. The number of nitrogens with zero attached hydrogens (tertiary/aromatic N) is 1. The molecule has 3 rings (SSSR count). The number of fused-ring (bicyclic) bond motifs is 1. The molecule has 8 heteroatoms. The van der Waals surface area contributed by atoms with E-state index in [-0.39, 0.29) is 25.5 Å². The van der Waals surface area contributed by atoms with Crippen LogP contribution in [0.2, 0.25) is 15.1 Å². The van der Waals surface area contributed by atoms with Crippen molar-refractivity contribution in [2.24, 2.45) is 0 Å². The number of halogens is 5. The maximum atomic E-state index is 13.7. The molecule has 1 heterocycles. The van der Waals surface area contributed by atoms with E-state index in [1.165, 1.54) is 16.7 Å². The number of aromatic nitrogens is 2. The molecule has 0 aliphatic carbocycles. The van der Waals surface area contributed by atoms with Gasteiger partial charge in [-0.3, -0.25) is 4.57 Å². The van der Waals surface area contributed by atoms with Crippen LogP contribution in [0.25, 0.3) is 16.7 Å². The van der Waals surface area contributed by atoms with Crippen molar-refractivity contribution >= 4 is 58.1 Å². The minimum Gasteiger partial charge on any atom is -0.330 e. The van der Waals surface area contributed by atoms with Gasteiger partial charge in [0.1, 0.15) is 11.6 Å². The quantitative estimate of drug-likeness (QED) is 0.530. The van der Waals surface area contributed by atoms with E-state index in [9.17, 15) is 8.78 Å². The molecule has 0 saturated carbocycles. The fraction of sp³-hybridized carbons (Fsp3) is 0. The smallest absolute Gasteiger partial charge is 0.182 e. The zero-order valence-electron chi connectivity index (χ0n) is 10.1. The third-order valence-electron chi connectivity index (χ3n) is 2.93. The average Bonchev–Trinajstić information content (AvgIpc) is 2.66. The van der Waals surface area contributed by atoms with Crippen LogP contribution in [0.1, 0.15) is 0 Å². The van der Waals surface area contributed by atoms with Crippen molar-refractivity contribution in [1.82, 2.24) is 9.55 Å². The maximum absolute atomic E-state index is 13.7. The summed E-state index contributed by atoms with van der Waals surface area (Å²) in [4.78, 5) is 2.88. The molecule has 3 aromatic rings. The summed E-state index contributed by atoms with van der Waals surface area (Å²) in [6.45, 7) is 0. The summed E-state index contributed by atoms with van der Waals surface area (Å²) in [7, 11) is 0. The zero-order chi connectivity index (χ0) is 15.3. The molecule has 108 valence electrons. The fourth-order valence-corrected chi connectivity index (χ4v) is 3.16. The predicted octanol–water partition coefficient (Wildman–Crippen LogP) is 5.93. The second kappa shape index (κ2) is 5.25. The number of hydrogen-bond donors (Lipinski definition) is 1. The van der Waals surface area contributed by atoms with Crippen molar-refractivity contribution in [3.8, 4) is 5.69 Å². The summed E-state index contributed by atoms with van der Waals surface area (Å²) in [6.07, 6.45) is 0. The van der Waals surface area contributed by atoms with Gasteiger partial charge in [-0.2, -0.15) is 0 Å². The molecule has 1 aromatic heterocycles. The van der Waals surface area contributed by atoms with Crippen LogP contribution >= 0.6 is 47.0 Å². The zero-order valence-corrected chi connectivity index (χ0v) is 13.1. The van der Waals surface area contributed by atoms with Crippen molar-refractivity contribution in [3.05, 3.63) is 55.7 Å². The first-order chi connectivity index (χ1) is 9.88. The normalized spacial score (nSPS) is 11.3. The van der Waals surface area contributed by atoms with E-state index in [1.807, 2.05) is 0 Å². The molecule has 0 aliphatic rings. The van der Waals surface area contributed by atoms with Gasteiger partial charge in [-0.05, 0) is 30.4 Å². The third kappa shape index (κ3) is 2.44. The lowest BCUT2D eigenvalue weighted by atomic mass is 10.2. The number of imidazole rings is 1. The molecule has 0 atom stereocenters. The van der Waals surface area contributed by atoms with Crippen molar-refractivity contribution in [1.29, 1.82) is 0 Å². The minimum atomic E-state index is -0.610. The van der Waals surface area contributed by atoms with Crippen molar-refractivity contribution in [2.45, 2.75) is 0 Å². The molecule has 0 saturated heterocycles. The van der Waals surface area contributed by atoms with E-state index in [1.54, 1.807) is 0 Å². The second-order valence-corrected chi connectivity index (χ2v) is 5.88. The van der Waals surface area contributed by atoms with E-state index in [0.717, 1.165) is 12.1 Å². The van der Waals surface area contributed by atoms with Gasteiger partial charge < -0.3 is 4.98 Å². The number of benzene rings is 2. The van der Waals surface area contributed by atoms with Gasteiger partial charge in [-0.1, -0.05) is 34.8 Å². The van der Waals surface area contributed by atoms with Crippen molar-refractivity contribution in [2.75, 3.05) is 0 Å². The number of nitrogens with one attached hydrogen (secondary N) is 1. The summed E-state index contributed by atoms with van der Waals surface area (Å²) < 4.78 is 28.7. The predicted molar refractivity (Wildman–Crippen MR) is 83.4 cm³/mol. The lowest BCUT2D eigenvalue weighted by Crippen LogP contribution is -1.98. The largest absolute Gasteiger partial charge is 0.330 e. The SMILES string of the molecule is Fc1cc(Cl)c(-n2c(=S)[nH]c3cc(Cl)c(F)cc32)c(Cl)c1. The molecular weight excluding hydrogens is 361 g/mol. The Morgan fingerprint density at radius 2 is 1.57 bits per heavy atom. The van der Waals surface area contributed by atoms with Crippen LogP contribution in [0.15, 0.2) is 24.3 Å². The van der Waals surface area contributed by atoms with Gasteiger partial charge in [0.05, 0.1) is 31.8 Å². The number of hydrogen-bond acceptors (Lipinski definition) is 1. The van der Waals surface area contributed by atoms with E-state index in [4.69, 9.17) is 47.0 Å². The Labute approximate surface area is 137 Å². The first-order valence-electron chi connectivity index (χ1n) is 5.63. The van der Waals surface area contributed by atoms with Crippen LogP contribution in [-0.2, 0) is 0 Å². The van der Waals surface area contributed by atoms with Gasteiger partial charge in [-0.25, -0.2) is 8.78 Å². The van der Waals surface area contributed by atoms with Crippen molar-refractivity contribution < 1.29 is 8.78 Å². The van der Waals surface area contributed by atoms with Gasteiger partial charge >= 0.3 is 0 Å². The van der Waals surface area contributed by atoms with E-state index in [2.05, 4.69) is 4.98 Å². The highest BCUT2D eigenvalue weighted by Crippen LogP contribution is 2.33. The summed E-state index contributed by atoms with van der Waals surface area (Å²) in [6, 6.07) is 4.83. The summed E-state index contributed by atoms with van der Waals surface area (Å²) in [5.74, 6) is -1.18. The minimum absolute atomic E-state index is 0.0396.